The lowest BCUT2D eigenvalue weighted by atomic mass is 9.85. The van der Waals surface area contributed by atoms with E-state index in [0.717, 1.165) is 32.7 Å². The minimum Gasteiger partial charge on any atom is -0.391 e. The topological polar surface area (TPSA) is 32.7 Å². The van der Waals surface area contributed by atoms with E-state index in [4.69, 9.17) is 4.74 Å². The monoisotopic (exact) mass is 215 g/mol. The van der Waals surface area contributed by atoms with E-state index in [1.807, 2.05) is 0 Å². The third-order valence-electron chi connectivity index (χ3n) is 3.73. The normalized spacial score (nSPS) is 23.8. The van der Waals surface area contributed by atoms with Gasteiger partial charge in [0.25, 0.3) is 0 Å². The summed E-state index contributed by atoms with van der Waals surface area (Å²) in [5, 5.41) is 10.3. The maximum Gasteiger partial charge on any atom is 0.0743 e. The van der Waals surface area contributed by atoms with Crippen LogP contribution in [0.2, 0.25) is 0 Å². The maximum absolute atomic E-state index is 10.3. The number of morpholine rings is 1. The summed E-state index contributed by atoms with van der Waals surface area (Å²) in [6, 6.07) is 0. The molecule has 1 aliphatic heterocycles. The molecule has 1 fully saturated rings. The van der Waals surface area contributed by atoms with Gasteiger partial charge in [-0.05, 0) is 19.8 Å². The molecule has 1 heterocycles. The van der Waals surface area contributed by atoms with Crippen LogP contribution in [-0.2, 0) is 4.74 Å². The Hall–Kier alpha value is -0.120. The lowest BCUT2D eigenvalue weighted by molar-refractivity contribution is -0.0782. The van der Waals surface area contributed by atoms with E-state index in [9.17, 15) is 5.11 Å². The summed E-state index contributed by atoms with van der Waals surface area (Å²) in [5.74, 6) is 0.350. The van der Waals surface area contributed by atoms with Gasteiger partial charge in [0.2, 0.25) is 0 Å². The molecule has 90 valence electrons. The first kappa shape index (κ1) is 12.9. The lowest BCUT2D eigenvalue weighted by Gasteiger charge is -2.45. The molecule has 1 saturated heterocycles. The Bertz CT molecular complexity index is 184. The van der Waals surface area contributed by atoms with E-state index in [1.54, 1.807) is 0 Å². The van der Waals surface area contributed by atoms with Gasteiger partial charge in [-0.15, -0.1) is 0 Å². The van der Waals surface area contributed by atoms with Crippen molar-refractivity contribution in [2.45, 2.75) is 45.8 Å². The molecular formula is C12H25NO2. The van der Waals surface area contributed by atoms with Crippen LogP contribution in [0.3, 0.4) is 0 Å². The quantitative estimate of drug-likeness (QED) is 0.771. The van der Waals surface area contributed by atoms with Gasteiger partial charge in [-0.1, -0.05) is 20.3 Å². The van der Waals surface area contributed by atoms with Crippen molar-refractivity contribution in [1.29, 1.82) is 0 Å². The van der Waals surface area contributed by atoms with Crippen molar-refractivity contribution in [3.63, 3.8) is 0 Å². The number of hydrogen-bond acceptors (Lipinski definition) is 3. The summed E-state index contributed by atoms with van der Waals surface area (Å²) >= 11 is 0. The lowest BCUT2D eigenvalue weighted by Crippen LogP contribution is -2.57. The van der Waals surface area contributed by atoms with Gasteiger partial charge in [0.1, 0.15) is 0 Å². The van der Waals surface area contributed by atoms with Crippen molar-refractivity contribution in [2.24, 2.45) is 5.92 Å². The van der Waals surface area contributed by atoms with E-state index >= 15 is 0 Å². The third kappa shape index (κ3) is 2.92. The molecule has 3 nitrogen and oxygen atoms in total. The van der Waals surface area contributed by atoms with E-state index in [-0.39, 0.29) is 11.6 Å². The Labute approximate surface area is 93.4 Å². The fourth-order valence-corrected chi connectivity index (χ4v) is 2.25. The van der Waals surface area contributed by atoms with Crippen LogP contribution in [0.4, 0.5) is 0 Å². The molecule has 3 heteroatoms. The molecule has 0 aromatic heterocycles. The molecule has 1 rings (SSSR count). The minimum absolute atomic E-state index is 0.140. The predicted molar refractivity (Wildman–Crippen MR) is 61.9 cm³/mol. The molecule has 2 unspecified atom stereocenters. The predicted octanol–water partition coefficient (Wildman–Crippen LogP) is 1.50. The highest BCUT2D eigenvalue weighted by Gasteiger charge is 2.37. The SMILES string of the molecule is CCC(C)C(O)C(C)(C)N1CCOCC1. The molecular weight excluding hydrogens is 190 g/mol. The highest BCUT2D eigenvalue weighted by atomic mass is 16.5. The van der Waals surface area contributed by atoms with Gasteiger partial charge in [0, 0.05) is 18.6 Å². The molecule has 0 aromatic carbocycles. The van der Waals surface area contributed by atoms with Crippen LogP contribution < -0.4 is 0 Å². The van der Waals surface area contributed by atoms with Gasteiger partial charge in [-0.25, -0.2) is 0 Å². The van der Waals surface area contributed by atoms with Gasteiger partial charge in [0.15, 0.2) is 0 Å². The number of hydrogen-bond donors (Lipinski definition) is 1. The zero-order chi connectivity index (χ0) is 11.5. The van der Waals surface area contributed by atoms with Gasteiger partial charge in [-0.2, -0.15) is 0 Å². The first-order valence-electron chi connectivity index (χ1n) is 6.01. The number of rotatable bonds is 4. The summed E-state index contributed by atoms with van der Waals surface area (Å²) in [6.45, 7) is 12.0. The Morgan fingerprint density at radius 2 is 1.87 bits per heavy atom. The van der Waals surface area contributed by atoms with Crippen molar-refractivity contribution >= 4 is 0 Å². The second kappa shape index (κ2) is 5.28. The average molecular weight is 215 g/mol. The Morgan fingerprint density at radius 3 is 2.33 bits per heavy atom. The Balaban J connectivity index is 2.62. The first-order valence-corrected chi connectivity index (χ1v) is 6.01. The van der Waals surface area contributed by atoms with Gasteiger partial charge in [0.05, 0.1) is 19.3 Å². The molecule has 1 N–H and O–H groups in total. The van der Waals surface area contributed by atoms with Crippen LogP contribution >= 0.6 is 0 Å². The summed E-state index contributed by atoms with van der Waals surface area (Å²) < 4.78 is 5.34. The van der Waals surface area contributed by atoms with Crippen molar-refractivity contribution in [2.75, 3.05) is 26.3 Å². The number of nitrogens with zero attached hydrogens (tertiary/aromatic N) is 1. The van der Waals surface area contributed by atoms with Gasteiger partial charge < -0.3 is 9.84 Å². The molecule has 2 atom stereocenters. The van der Waals surface area contributed by atoms with Gasteiger partial charge in [-0.3, -0.25) is 4.90 Å². The first-order chi connectivity index (χ1) is 7.00. The fourth-order valence-electron chi connectivity index (χ4n) is 2.25. The highest BCUT2D eigenvalue weighted by Crippen LogP contribution is 2.26. The molecule has 0 radical (unpaired) electrons. The van der Waals surface area contributed by atoms with Crippen LogP contribution in [0.1, 0.15) is 34.1 Å². The van der Waals surface area contributed by atoms with E-state index in [2.05, 4.69) is 32.6 Å². The molecule has 0 bridgehead atoms. The number of ether oxygens (including phenoxy) is 1. The minimum atomic E-state index is -0.263. The van der Waals surface area contributed by atoms with Crippen LogP contribution in [0.5, 0.6) is 0 Å². The number of aliphatic hydroxyl groups is 1. The Kier molecular flexibility index (Phi) is 4.56. The fraction of sp³-hybridized carbons (Fsp3) is 1.00. The summed E-state index contributed by atoms with van der Waals surface area (Å²) in [5.41, 5.74) is -0.140. The van der Waals surface area contributed by atoms with Gasteiger partial charge >= 0.3 is 0 Å². The van der Waals surface area contributed by atoms with Crippen LogP contribution in [0, 0.1) is 5.92 Å². The largest absolute Gasteiger partial charge is 0.391 e. The molecule has 15 heavy (non-hydrogen) atoms. The van der Waals surface area contributed by atoms with Crippen LogP contribution in [0.15, 0.2) is 0 Å². The maximum atomic E-state index is 10.3. The van der Waals surface area contributed by atoms with E-state index in [1.165, 1.54) is 0 Å². The highest BCUT2D eigenvalue weighted by molar-refractivity contribution is 4.91. The Morgan fingerprint density at radius 1 is 1.33 bits per heavy atom. The van der Waals surface area contributed by atoms with Crippen LogP contribution in [-0.4, -0.2) is 48.0 Å². The van der Waals surface area contributed by atoms with Crippen molar-refractivity contribution < 1.29 is 9.84 Å². The van der Waals surface area contributed by atoms with Crippen molar-refractivity contribution in [3.8, 4) is 0 Å². The van der Waals surface area contributed by atoms with E-state index < -0.39 is 0 Å². The molecule has 0 amide bonds. The smallest absolute Gasteiger partial charge is 0.0743 e. The second-order valence-corrected chi connectivity index (χ2v) is 5.08. The zero-order valence-corrected chi connectivity index (χ0v) is 10.5. The summed E-state index contributed by atoms with van der Waals surface area (Å²) in [6.07, 6.45) is 0.759. The number of aliphatic hydroxyl groups excluding tert-OH is 1. The molecule has 1 aliphatic rings. The van der Waals surface area contributed by atoms with Crippen molar-refractivity contribution in [1.82, 2.24) is 4.90 Å². The molecule has 0 aliphatic carbocycles. The molecule has 0 spiro atoms. The van der Waals surface area contributed by atoms with E-state index in [0.29, 0.717) is 5.92 Å². The third-order valence-corrected chi connectivity index (χ3v) is 3.73. The molecule has 0 aromatic rings. The molecule has 0 saturated carbocycles. The summed E-state index contributed by atoms with van der Waals surface area (Å²) in [4.78, 5) is 2.34. The standard InChI is InChI=1S/C12H25NO2/c1-5-10(2)11(14)12(3,4)13-6-8-15-9-7-13/h10-11,14H,5-9H2,1-4H3. The van der Waals surface area contributed by atoms with Crippen LogP contribution in [0.25, 0.3) is 0 Å². The van der Waals surface area contributed by atoms with Crippen molar-refractivity contribution in [3.05, 3.63) is 0 Å². The zero-order valence-electron chi connectivity index (χ0n) is 10.5. The average Bonchev–Trinajstić information content (AvgIpc) is 2.28. The second-order valence-electron chi connectivity index (χ2n) is 5.08. The summed E-state index contributed by atoms with van der Waals surface area (Å²) in [7, 11) is 0.